The van der Waals surface area contributed by atoms with Gasteiger partial charge in [0.05, 0.1) is 12.2 Å². The van der Waals surface area contributed by atoms with Crippen LogP contribution in [0.1, 0.15) is 24.9 Å². The van der Waals surface area contributed by atoms with Gasteiger partial charge in [0.1, 0.15) is 5.82 Å². The first-order valence-electron chi connectivity index (χ1n) is 5.94. The number of hydrogen-bond donors (Lipinski definition) is 2. The highest BCUT2D eigenvalue weighted by Crippen LogP contribution is 2.28. The molecule has 0 aliphatic heterocycles. The SMILES string of the molecule is CN=C(NCc1ccnc(C)n1)NC1CC1C.I. The van der Waals surface area contributed by atoms with E-state index in [9.17, 15) is 0 Å². The Bertz CT molecular complexity index is 421. The minimum Gasteiger partial charge on any atom is -0.353 e. The van der Waals surface area contributed by atoms with Gasteiger partial charge >= 0.3 is 0 Å². The van der Waals surface area contributed by atoms with Gasteiger partial charge in [0.2, 0.25) is 0 Å². The fourth-order valence-corrected chi connectivity index (χ4v) is 1.67. The quantitative estimate of drug-likeness (QED) is 0.486. The molecule has 2 rings (SSSR count). The minimum atomic E-state index is 0. The second-order valence-corrected chi connectivity index (χ2v) is 4.48. The molecule has 0 amide bonds. The van der Waals surface area contributed by atoms with Crippen LogP contribution in [0.2, 0.25) is 0 Å². The lowest BCUT2D eigenvalue weighted by atomic mass is 10.4. The van der Waals surface area contributed by atoms with Crippen molar-refractivity contribution in [2.45, 2.75) is 32.9 Å². The first kappa shape index (κ1) is 15.1. The van der Waals surface area contributed by atoms with Crippen LogP contribution in [0.25, 0.3) is 0 Å². The summed E-state index contributed by atoms with van der Waals surface area (Å²) in [5.41, 5.74) is 0.976. The molecule has 1 aliphatic carbocycles. The molecule has 0 radical (unpaired) electrons. The van der Waals surface area contributed by atoms with Crippen LogP contribution in [0.4, 0.5) is 0 Å². The van der Waals surface area contributed by atoms with E-state index < -0.39 is 0 Å². The van der Waals surface area contributed by atoms with Crippen LogP contribution in [-0.4, -0.2) is 29.0 Å². The molecule has 2 atom stereocenters. The average Bonchev–Trinajstić information content (AvgIpc) is 3.00. The van der Waals surface area contributed by atoms with E-state index in [1.54, 1.807) is 13.2 Å². The van der Waals surface area contributed by atoms with Crippen LogP contribution in [0.15, 0.2) is 17.3 Å². The van der Waals surface area contributed by atoms with E-state index in [4.69, 9.17) is 0 Å². The third-order valence-electron chi connectivity index (χ3n) is 2.93. The molecule has 18 heavy (non-hydrogen) atoms. The zero-order chi connectivity index (χ0) is 12.3. The first-order valence-corrected chi connectivity index (χ1v) is 5.94. The average molecular weight is 361 g/mol. The zero-order valence-electron chi connectivity index (χ0n) is 11.0. The van der Waals surface area contributed by atoms with Gasteiger partial charge in [0.15, 0.2) is 5.96 Å². The number of halogens is 1. The summed E-state index contributed by atoms with van der Waals surface area (Å²) < 4.78 is 0. The fourth-order valence-electron chi connectivity index (χ4n) is 1.67. The van der Waals surface area contributed by atoms with Gasteiger partial charge in [0.25, 0.3) is 0 Å². The highest BCUT2D eigenvalue weighted by atomic mass is 127. The van der Waals surface area contributed by atoms with Gasteiger partial charge in [-0.3, -0.25) is 4.99 Å². The lowest BCUT2D eigenvalue weighted by Crippen LogP contribution is -2.38. The van der Waals surface area contributed by atoms with Crippen molar-refractivity contribution >= 4 is 29.9 Å². The Balaban J connectivity index is 0.00000162. The molecule has 1 saturated carbocycles. The highest BCUT2D eigenvalue weighted by molar-refractivity contribution is 14.0. The summed E-state index contributed by atoms with van der Waals surface area (Å²) in [5.74, 6) is 2.40. The Hall–Kier alpha value is -0.920. The third-order valence-corrected chi connectivity index (χ3v) is 2.93. The molecule has 1 aromatic heterocycles. The summed E-state index contributed by atoms with van der Waals surface area (Å²) in [6, 6.07) is 2.49. The van der Waals surface area contributed by atoms with Crippen LogP contribution >= 0.6 is 24.0 Å². The Labute approximate surface area is 125 Å². The van der Waals surface area contributed by atoms with E-state index in [0.717, 1.165) is 23.4 Å². The predicted molar refractivity (Wildman–Crippen MR) is 83.1 cm³/mol. The van der Waals surface area contributed by atoms with Crippen molar-refractivity contribution in [1.29, 1.82) is 0 Å². The van der Waals surface area contributed by atoms with Gasteiger partial charge < -0.3 is 10.6 Å². The number of hydrogen-bond acceptors (Lipinski definition) is 3. The van der Waals surface area contributed by atoms with E-state index in [0.29, 0.717) is 12.6 Å². The standard InChI is InChI=1S/C12H19N5.HI/c1-8-6-11(8)17-12(13-3)15-7-10-4-5-14-9(2)16-10;/h4-5,8,11H,6-7H2,1-3H3,(H2,13,15,17);1H. The zero-order valence-corrected chi connectivity index (χ0v) is 13.3. The summed E-state index contributed by atoms with van der Waals surface area (Å²) in [5, 5.41) is 6.62. The molecule has 100 valence electrons. The molecule has 1 fully saturated rings. The van der Waals surface area contributed by atoms with Gasteiger partial charge in [-0.2, -0.15) is 0 Å². The second kappa shape index (κ2) is 6.86. The Morgan fingerprint density at radius 1 is 1.56 bits per heavy atom. The van der Waals surface area contributed by atoms with Crippen LogP contribution < -0.4 is 10.6 Å². The highest BCUT2D eigenvalue weighted by Gasteiger charge is 2.33. The van der Waals surface area contributed by atoms with Crippen molar-refractivity contribution < 1.29 is 0 Å². The minimum absolute atomic E-state index is 0. The van der Waals surface area contributed by atoms with Gasteiger partial charge in [0, 0.05) is 19.3 Å². The molecular formula is C12H20IN5. The van der Waals surface area contributed by atoms with Gasteiger partial charge in [-0.15, -0.1) is 24.0 Å². The molecule has 0 aromatic carbocycles. The second-order valence-electron chi connectivity index (χ2n) is 4.48. The Morgan fingerprint density at radius 3 is 2.83 bits per heavy atom. The summed E-state index contributed by atoms with van der Waals surface area (Å²) in [6.45, 7) is 4.80. The number of rotatable bonds is 3. The van der Waals surface area contributed by atoms with E-state index in [1.807, 2.05) is 13.0 Å². The van der Waals surface area contributed by atoms with Crippen LogP contribution in [0, 0.1) is 12.8 Å². The molecule has 2 unspecified atom stereocenters. The van der Waals surface area contributed by atoms with E-state index in [1.165, 1.54) is 6.42 Å². The van der Waals surface area contributed by atoms with E-state index in [2.05, 4.69) is 32.5 Å². The molecule has 5 nitrogen and oxygen atoms in total. The number of nitrogens with zero attached hydrogens (tertiary/aromatic N) is 3. The summed E-state index contributed by atoms with van der Waals surface area (Å²) in [6.07, 6.45) is 3.01. The maximum atomic E-state index is 4.33. The van der Waals surface area contributed by atoms with Gasteiger partial charge in [-0.1, -0.05) is 6.92 Å². The van der Waals surface area contributed by atoms with Crippen molar-refractivity contribution in [2.24, 2.45) is 10.9 Å². The molecule has 1 aromatic rings. The van der Waals surface area contributed by atoms with Crippen molar-refractivity contribution in [1.82, 2.24) is 20.6 Å². The monoisotopic (exact) mass is 361 g/mol. The van der Waals surface area contributed by atoms with E-state index >= 15 is 0 Å². The molecular weight excluding hydrogens is 341 g/mol. The maximum Gasteiger partial charge on any atom is 0.191 e. The lowest BCUT2D eigenvalue weighted by molar-refractivity contribution is 0.753. The topological polar surface area (TPSA) is 62.2 Å². The summed E-state index contributed by atoms with van der Waals surface area (Å²) >= 11 is 0. The molecule has 0 saturated heterocycles. The lowest BCUT2D eigenvalue weighted by Gasteiger charge is -2.11. The Kier molecular flexibility index (Phi) is 5.77. The summed E-state index contributed by atoms with van der Waals surface area (Å²) in [4.78, 5) is 12.6. The molecule has 1 aliphatic rings. The molecule has 6 heteroatoms. The predicted octanol–water partition coefficient (Wildman–Crippen LogP) is 1.48. The van der Waals surface area contributed by atoms with Crippen LogP contribution in [0.3, 0.4) is 0 Å². The smallest absolute Gasteiger partial charge is 0.191 e. The largest absolute Gasteiger partial charge is 0.353 e. The number of aryl methyl sites for hydroxylation is 1. The first-order chi connectivity index (χ1) is 8.19. The molecule has 0 spiro atoms. The van der Waals surface area contributed by atoms with Crippen LogP contribution in [-0.2, 0) is 6.54 Å². The van der Waals surface area contributed by atoms with E-state index in [-0.39, 0.29) is 24.0 Å². The molecule has 0 bridgehead atoms. The van der Waals surface area contributed by atoms with Crippen molar-refractivity contribution in [3.8, 4) is 0 Å². The van der Waals surface area contributed by atoms with Gasteiger partial charge in [-0.25, -0.2) is 9.97 Å². The van der Waals surface area contributed by atoms with Crippen molar-refractivity contribution in [2.75, 3.05) is 7.05 Å². The third kappa shape index (κ3) is 4.40. The number of nitrogens with one attached hydrogen (secondary N) is 2. The number of aromatic nitrogens is 2. The van der Waals surface area contributed by atoms with Gasteiger partial charge in [-0.05, 0) is 25.3 Å². The maximum absolute atomic E-state index is 4.33. The van der Waals surface area contributed by atoms with Crippen molar-refractivity contribution in [3.63, 3.8) is 0 Å². The number of guanidine groups is 1. The molecule has 2 N–H and O–H groups in total. The summed E-state index contributed by atoms with van der Waals surface area (Å²) in [7, 11) is 1.79. The Morgan fingerprint density at radius 2 is 2.28 bits per heavy atom. The van der Waals surface area contributed by atoms with Crippen LogP contribution in [0.5, 0.6) is 0 Å². The number of aliphatic imine (C=N–C) groups is 1. The normalized spacial score (nSPS) is 22.1. The fraction of sp³-hybridized carbons (Fsp3) is 0.583. The van der Waals surface area contributed by atoms with Crippen molar-refractivity contribution in [3.05, 3.63) is 23.8 Å². The molecule has 1 heterocycles.